The average molecular weight is 383 g/mol. The van der Waals surface area contributed by atoms with E-state index in [-0.39, 0.29) is 5.91 Å². The number of carbonyl (C=O) groups excluding carboxylic acids is 1. The Labute approximate surface area is 163 Å². The summed E-state index contributed by atoms with van der Waals surface area (Å²) in [6, 6.07) is 12.6. The first-order valence-electron chi connectivity index (χ1n) is 9.60. The Kier molecular flexibility index (Phi) is 5.02. The molecule has 1 aliphatic rings. The Balaban J connectivity index is 1.63. The molecule has 0 spiro atoms. The number of nitrogens with two attached hydrogens (primary N) is 1. The van der Waals surface area contributed by atoms with Crippen LogP contribution >= 0.6 is 11.3 Å². The molecule has 0 bridgehead atoms. The zero-order chi connectivity index (χ0) is 19.0. The Bertz CT molecular complexity index is 958. The van der Waals surface area contributed by atoms with Crippen LogP contribution in [0.25, 0.3) is 11.0 Å². The molecule has 6 heteroatoms. The molecule has 1 unspecified atom stereocenters. The third-order valence-electron chi connectivity index (χ3n) is 5.19. The molecule has 0 saturated carbocycles. The topological polar surface area (TPSA) is 64.2 Å². The number of amides is 1. The second-order valence-corrected chi connectivity index (χ2v) is 8.83. The smallest absolute Gasteiger partial charge is 0.258 e. The third-order valence-corrected chi connectivity index (χ3v) is 6.39. The SMILES string of the molecule is CC(C)Cn1c(CN2CCCC2c2ccc(C(N)=O)s2)nc2ccccc21. The molecule has 3 heterocycles. The molecule has 1 saturated heterocycles. The van der Waals surface area contributed by atoms with Crippen LogP contribution in [0.1, 0.15) is 53.1 Å². The fourth-order valence-electron chi connectivity index (χ4n) is 4.00. The molecule has 2 aromatic heterocycles. The van der Waals surface area contributed by atoms with Crippen LogP contribution in [0.4, 0.5) is 0 Å². The number of para-hydroxylation sites is 2. The van der Waals surface area contributed by atoms with Crippen LogP contribution in [-0.2, 0) is 13.1 Å². The molecule has 1 fully saturated rings. The van der Waals surface area contributed by atoms with Gasteiger partial charge >= 0.3 is 0 Å². The zero-order valence-electron chi connectivity index (χ0n) is 15.9. The minimum atomic E-state index is -0.338. The number of nitrogens with zero attached hydrogens (tertiary/aromatic N) is 3. The number of rotatable bonds is 6. The maximum atomic E-state index is 11.5. The summed E-state index contributed by atoms with van der Waals surface area (Å²) >= 11 is 1.53. The van der Waals surface area contributed by atoms with Crippen molar-refractivity contribution in [2.75, 3.05) is 6.54 Å². The lowest BCUT2D eigenvalue weighted by Crippen LogP contribution is -2.24. The Hall–Kier alpha value is -2.18. The molecule has 1 aliphatic heterocycles. The Morgan fingerprint density at radius 2 is 2.11 bits per heavy atom. The number of thiophene rings is 1. The van der Waals surface area contributed by atoms with Crippen LogP contribution in [0.2, 0.25) is 0 Å². The van der Waals surface area contributed by atoms with Gasteiger partial charge in [0.1, 0.15) is 5.82 Å². The molecule has 5 nitrogen and oxygen atoms in total. The van der Waals surface area contributed by atoms with E-state index in [1.165, 1.54) is 28.2 Å². The first kappa shape index (κ1) is 18.2. The highest BCUT2D eigenvalue weighted by molar-refractivity contribution is 7.14. The number of aromatic nitrogens is 2. The molecule has 27 heavy (non-hydrogen) atoms. The van der Waals surface area contributed by atoms with Crippen molar-refractivity contribution in [1.29, 1.82) is 0 Å². The number of carbonyl (C=O) groups is 1. The summed E-state index contributed by atoms with van der Waals surface area (Å²) in [6.45, 7) is 7.34. The van der Waals surface area contributed by atoms with Crippen molar-refractivity contribution >= 4 is 28.3 Å². The molecule has 3 aromatic rings. The van der Waals surface area contributed by atoms with Gasteiger partial charge in [0.25, 0.3) is 5.91 Å². The van der Waals surface area contributed by atoms with E-state index in [1.807, 2.05) is 6.07 Å². The summed E-state index contributed by atoms with van der Waals surface area (Å²) in [5.74, 6) is 1.35. The predicted molar refractivity (Wildman–Crippen MR) is 110 cm³/mol. The maximum Gasteiger partial charge on any atom is 0.258 e. The number of fused-ring (bicyclic) bond motifs is 1. The number of likely N-dealkylation sites (tertiary alicyclic amines) is 1. The average Bonchev–Trinajstić information content (AvgIpc) is 3.34. The van der Waals surface area contributed by atoms with E-state index < -0.39 is 0 Å². The van der Waals surface area contributed by atoms with E-state index in [9.17, 15) is 4.79 Å². The minimum Gasteiger partial charge on any atom is -0.365 e. The maximum absolute atomic E-state index is 11.5. The van der Waals surface area contributed by atoms with Gasteiger partial charge in [0.05, 0.1) is 22.5 Å². The molecule has 142 valence electrons. The van der Waals surface area contributed by atoms with Crippen molar-refractivity contribution in [3.63, 3.8) is 0 Å². The van der Waals surface area contributed by atoms with Crippen LogP contribution in [-0.4, -0.2) is 26.9 Å². The molecular formula is C21H26N4OS. The molecule has 0 radical (unpaired) electrons. The summed E-state index contributed by atoms with van der Waals surface area (Å²) < 4.78 is 2.37. The van der Waals surface area contributed by atoms with E-state index in [0.717, 1.165) is 37.4 Å². The van der Waals surface area contributed by atoms with Crippen molar-refractivity contribution in [1.82, 2.24) is 14.5 Å². The number of hydrogen-bond donors (Lipinski definition) is 1. The van der Waals surface area contributed by atoms with Crippen LogP contribution in [0.15, 0.2) is 36.4 Å². The highest BCUT2D eigenvalue weighted by Crippen LogP contribution is 2.37. The van der Waals surface area contributed by atoms with Gasteiger partial charge in [-0.15, -0.1) is 11.3 Å². The second kappa shape index (κ2) is 7.44. The van der Waals surface area contributed by atoms with Gasteiger partial charge in [-0.1, -0.05) is 26.0 Å². The van der Waals surface area contributed by atoms with Crippen LogP contribution < -0.4 is 5.73 Å². The first-order chi connectivity index (χ1) is 13.0. The van der Waals surface area contributed by atoms with Gasteiger partial charge in [0.15, 0.2) is 0 Å². The van der Waals surface area contributed by atoms with Gasteiger partial charge < -0.3 is 10.3 Å². The van der Waals surface area contributed by atoms with Crippen molar-refractivity contribution < 1.29 is 4.79 Å². The van der Waals surface area contributed by atoms with Gasteiger partial charge in [-0.05, 0) is 49.6 Å². The lowest BCUT2D eigenvalue weighted by atomic mass is 10.2. The largest absolute Gasteiger partial charge is 0.365 e. The lowest BCUT2D eigenvalue weighted by molar-refractivity contribution is 0.100. The summed E-state index contributed by atoms with van der Waals surface area (Å²) in [6.07, 6.45) is 2.28. The Morgan fingerprint density at radius 1 is 1.30 bits per heavy atom. The zero-order valence-corrected chi connectivity index (χ0v) is 16.7. The monoisotopic (exact) mass is 382 g/mol. The molecular weight excluding hydrogens is 356 g/mol. The molecule has 2 N–H and O–H groups in total. The van der Waals surface area contributed by atoms with E-state index >= 15 is 0 Å². The fourth-order valence-corrected chi connectivity index (χ4v) is 5.03. The van der Waals surface area contributed by atoms with Crippen LogP contribution in [0, 0.1) is 5.92 Å². The van der Waals surface area contributed by atoms with Crippen molar-refractivity contribution in [2.24, 2.45) is 11.7 Å². The highest BCUT2D eigenvalue weighted by atomic mass is 32.1. The number of hydrogen-bond acceptors (Lipinski definition) is 4. The van der Waals surface area contributed by atoms with Gasteiger partial charge in [0, 0.05) is 17.5 Å². The minimum absolute atomic E-state index is 0.338. The van der Waals surface area contributed by atoms with E-state index in [2.05, 4.69) is 53.6 Å². The van der Waals surface area contributed by atoms with Gasteiger partial charge in [-0.3, -0.25) is 9.69 Å². The summed E-state index contributed by atoms with van der Waals surface area (Å²) in [5.41, 5.74) is 7.72. The lowest BCUT2D eigenvalue weighted by Gasteiger charge is -2.24. The summed E-state index contributed by atoms with van der Waals surface area (Å²) in [4.78, 5) is 20.8. The molecule has 1 aromatic carbocycles. The van der Waals surface area contributed by atoms with Crippen molar-refractivity contribution in [2.45, 2.75) is 45.8 Å². The van der Waals surface area contributed by atoms with E-state index in [1.54, 1.807) is 0 Å². The first-order valence-corrected chi connectivity index (χ1v) is 10.4. The van der Waals surface area contributed by atoms with E-state index in [4.69, 9.17) is 10.7 Å². The normalized spacial score (nSPS) is 18.0. The summed E-state index contributed by atoms with van der Waals surface area (Å²) in [5, 5.41) is 0. The number of benzene rings is 1. The number of primary amides is 1. The van der Waals surface area contributed by atoms with E-state index in [0.29, 0.717) is 16.8 Å². The summed E-state index contributed by atoms with van der Waals surface area (Å²) in [7, 11) is 0. The van der Waals surface area contributed by atoms with Gasteiger partial charge in [0.2, 0.25) is 0 Å². The van der Waals surface area contributed by atoms with Crippen molar-refractivity contribution in [3.8, 4) is 0 Å². The standard InChI is InChI=1S/C21H26N4OS/c1-14(2)12-25-16-7-4-3-6-15(16)23-20(25)13-24-11-5-8-17(24)18-9-10-19(27-18)21(22)26/h3-4,6-7,9-10,14,17H,5,8,11-13H2,1-2H3,(H2,22,26). The predicted octanol–water partition coefficient (Wildman–Crippen LogP) is 4.19. The quantitative estimate of drug-likeness (QED) is 0.695. The third kappa shape index (κ3) is 3.64. The van der Waals surface area contributed by atoms with Gasteiger partial charge in [-0.25, -0.2) is 4.98 Å². The highest BCUT2D eigenvalue weighted by Gasteiger charge is 2.29. The Morgan fingerprint density at radius 3 is 2.85 bits per heavy atom. The fraction of sp³-hybridized carbons (Fsp3) is 0.429. The number of imidazole rings is 1. The molecule has 0 aliphatic carbocycles. The molecule has 1 atom stereocenters. The van der Waals surface area contributed by atoms with Crippen LogP contribution in [0.3, 0.4) is 0 Å². The van der Waals surface area contributed by atoms with Crippen molar-refractivity contribution in [3.05, 3.63) is 52.0 Å². The second-order valence-electron chi connectivity index (χ2n) is 7.72. The van der Waals surface area contributed by atoms with Crippen LogP contribution in [0.5, 0.6) is 0 Å². The van der Waals surface area contributed by atoms with Gasteiger partial charge in [-0.2, -0.15) is 0 Å². The molecule has 1 amide bonds. The molecule has 4 rings (SSSR count).